The molecule has 9 heteroatoms. The standard InChI is InChI=1S/C30H21N3O3.C30H30O2.C10H12.2C10H10.C4H9.Li/c31-19-35-29-11-4-22(5-12-29)15-25-1-8-26(16-23-2-9-28(10-3-23)33-21-34)27(18-25)17-24-6-13-30(14-7-24)36-20-32;1-22-4-6-24(7-5-22)19-27-13-8-26(18-23-9-14-29(31-2)15-10-23)21-28(27)20-25-11-16-30(32-3)17-12-25;3*1-3-4-10-7-5-9(2)6-8-10;1-3-4-2;/h1-14,18H,15-17H2;4-17,21H,18-20H2,1-3H3;3-8H,1-2H3;5-8H,1-2H3;1,5-8H,4H2,2H3;1,3-4H2,2H3;/q;;;;;-1;+1/b;;4-3+;;;;. The van der Waals surface area contributed by atoms with Crippen molar-refractivity contribution in [3.05, 3.63) is 373 Å². The van der Waals surface area contributed by atoms with Crippen LogP contribution in [0, 0.1) is 81.8 Å². The van der Waals surface area contributed by atoms with Gasteiger partial charge >= 0.3 is 18.9 Å². The summed E-state index contributed by atoms with van der Waals surface area (Å²) < 4.78 is 20.4. The summed E-state index contributed by atoms with van der Waals surface area (Å²) in [4.78, 5) is 14.2. The molecule has 0 saturated heterocycles. The van der Waals surface area contributed by atoms with Crippen LogP contribution in [0.15, 0.2) is 266 Å². The molecular weight excluding hydrogens is 1260 g/mol. The van der Waals surface area contributed by atoms with Gasteiger partial charge in [0.15, 0.2) is 0 Å². The van der Waals surface area contributed by atoms with Crippen molar-refractivity contribution in [2.24, 2.45) is 4.99 Å². The molecule has 0 spiro atoms. The molecule has 0 aliphatic heterocycles. The molecule has 0 fully saturated rings. The maximum Gasteiger partial charge on any atom is 1.00 e. The molecule has 0 aliphatic rings. The molecule has 0 saturated carbocycles. The predicted molar refractivity (Wildman–Crippen MR) is 420 cm³/mol. The van der Waals surface area contributed by atoms with E-state index in [1.807, 2.05) is 105 Å². The fourth-order valence-electron chi connectivity index (χ4n) is 10.5. The van der Waals surface area contributed by atoms with Crippen LogP contribution in [0.2, 0.25) is 0 Å². The van der Waals surface area contributed by atoms with Gasteiger partial charge in [-0.25, -0.2) is 4.79 Å². The van der Waals surface area contributed by atoms with E-state index in [0.29, 0.717) is 17.2 Å². The molecule has 514 valence electrons. The van der Waals surface area contributed by atoms with E-state index in [2.05, 4.69) is 216 Å². The summed E-state index contributed by atoms with van der Waals surface area (Å²) in [5.41, 5.74) is 24.2. The summed E-state index contributed by atoms with van der Waals surface area (Å²) in [6, 6.07) is 86.5. The van der Waals surface area contributed by atoms with Crippen LogP contribution >= 0.6 is 0 Å². The zero-order chi connectivity index (χ0) is 73.1. The molecule has 11 rings (SSSR count). The summed E-state index contributed by atoms with van der Waals surface area (Å²) >= 11 is 0. The Morgan fingerprint density at radius 1 is 0.437 bits per heavy atom. The minimum atomic E-state index is 0. The Bertz CT molecular complexity index is 4560. The minimum absolute atomic E-state index is 0. The number of rotatable bonds is 20. The molecule has 0 aromatic heterocycles. The Morgan fingerprint density at radius 3 is 1.10 bits per heavy atom. The Labute approximate surface area is 625 Å². The van der Waals surface area contributed by atoms with Crippen LogP contribution in [0.1, 0.15) is 139 Å². The van der Waals surface area contributed by atoms with Crippen molar-refractivity contribution in [2.75, 3.05) is 14.2 Å². The van der Waals surface area contributed by atoms with Crippen molar-refractivity contribution >= 4 is 17.8 Å². The molecule has 0 atom stereocenters. The summed E-state index contributed by atoms with van der Waals surface area (Å²) in [6.45, 7) is 18.0. The number of ether oxygens (including phenoxy) is 4. The molecule has 0 N–H and O–H groups in total. The molecule has 0 amide bonds. The Morgan fingerprint density at radius 2 is 0.757 bits per heavy atom. The normalized spacial score (nSPS) is 9.78. The zero-order valence-corrected chi connectivity index (χ0v) is 61.4. The van der Waals surface area contributed by atoms with Crippen LogP contribution in [0.25, 0.3) is 6.08 Å². The van der Waals surface area contributed by atoms with E-state index in [0.717, 1.165) is 85.1 Å². The molecular formula is C94H92LiN3O5. The van der Waals surface area contributed by atoms with Gasteiger partial charge < -0.3 is 25.9 Å². The molecule has 0 heterocycles. The maximum absolute atomic E-state index is 10.5. The molecule has 8 nitrogen and oxygen atoms in total. The van der Waals surface area contributed by atoms with Crippen LogP contribution in [-0.4, -0.2) is 20.3 Å². The van der Waals surface area contributed by atoms with Gasteiger partial charge in [0.25, 0.3) is 12.5 Å². The summed E-state index contributed by atoms with van der Waals surface area (Å²) in [7, 11) is 3.41. The Kier molecular flexibility index (Phi) is 37.2. The SMILES string of the molecule is C#CCc1ccc(C)cc1.C/C=C/c1ccc(C)cc1.CC#Cc1ccc(C)cc1.COc1ccc(Cc2ccc(Cc3ccc(C)cc3)c(Cc3ccc(OC)cc3)c2)cc1.N#COc1ccc(Cc2ccc(Cc3ccc(N=C=O)cc3)c(Cc3ccc(OC#N)cc3)c2)cc1.[CH2-]CCC.[Li+]. The third-order valence-corrected chi connectivity index (χ3v) is 16.2. The van der Waals surface area contributed by atoms with E-state index in [-0.39, 0.29) is 18.9 Å². The number of allylic oxidation sites excluding steroid dienone is 1. The Hall–Kier alpha value is -11.6. The van der Waals surface area contributed by atoms with Gasteiger partial charge in [0, 0.05) is 12.0 Å². The number of methoxy groups -OCH3 is 2. The van der Waals surface area contributed by atoms with Gasteiger partial charge in [-0.15, -0.1) is 28.8 Å². The summed E-state index contributed by atoms with van der Waals surface area (Å²) in [5, 5.41) is 17.4. The topological polar surface area (TPSA) is 114 Å². The van der Waals surface area contributed by atoms with Gasteiger partial charge in [0.05, 0.1) is 19.9 Å². The number of terminal acetylenes is 1. The number of hydrogen-bond acceptors (Lipinski definition) is 8. The molecule has 0 aliphatic carbocycles. The first-order valence-electron chi connectivity index (χ1n) is 34.2. The molecule has 11 aromatic rings. The number of nitriles is 2. The van der Waals surface area contributed by atoms with Crippen LogP contribution in [0.4, 0.5) is 5.69 Å². The van der Waals surface area contributed by atoms with Crippen LogP contribution < -0.4 is 37.8 Å². The molecule has 0 unspecified atom stereocenters. The smallest absolute Gasteiger partial charge is 0.497 e. The maximum atomic E-state index is 10.5. The van der Waals surface area contributed by atoms with E-state index < -0.39 is 0 Å². The van der Waals surface area contributed by atoms with Gasteiger partial charge in [0.2, 0.25) is 6.08 Å². The van der Waals surface area contributed by atoms with Gasteiger partial charge in [-0.3, -0.25) is 0 Å². The summed E-state index contributed by atoms with van der Waals surface area (Å²) in [6.07, 6.45) is 22.2. The van der Waals surface area contributed by atoms with Crippen molar-refractivity contribution in [1.29, 1.82) is 10.5 Å². The molecule has 0 radical (unpaired) electrons. The number of benzene rings is 11. The van der Waals surface area contributed by atoms with E-state index >= 15 is 0 Å². The summed E-state index contributed by atoms with van der Waals surface area (Å²) in [5.74, 6) is 11.3. The van der Waals surface area contributed by atoms with Crippen LogP contribution in [-0.2, 0) is 49.7 Å². The van der Waals surface area contributed by atoms with Crippen LogP contribution in [0.3, 0.4) is 0 Å². The largest absolute Gasteiger partial charge is 1.00 e. The monoisotopic (exact) mass is 1350 g/mol. The molecule has 103 heavy (non-hydrogen) atoms. The second-order valence-corrected chi connectivity index (χ2v) is 24.4. The number of nitrogens with zero attached hydrogens (tertiary/aromatic N) is 3. The van der Waals surface area contributed by atoms with Crippen molar-refractivity contribution in [2.45, 2.75) is 106 Å². The van der Waals surface area contributed by atoms with Crippen LogP contribution in [0.5, 0.6) is 23.0 Å². The molecule has 0 bridgehead atoms. The van der Waals surface area contributed by atoms with Crippen molar-refractivity contribution in [1.82, 2.24) is 0 Å². The minimum Gasteiger partial charge on any atom is -0.497 e. The first kappa shape index (κ1) is 82.1. The zero-order valence-electron chi connectivity index (χ0n) is 61.4. The first-order valence-corrected chi connectivity index (χ1v) is 34.2. The van der Waals surface area contributed by atoms with Gasteiger partial charge in [-0.05, 0) is 231 Å². The average molecular weight is 1350 g/mol. The second-order valence-electron chi connectivity index (χ2n) is 24.4. The predicted octanol–water partition coefficient (Wildman–Crippen LogP) is 19.1. The number of hydrogen-bond donors (Lipinski definition) is 0. The number of isocyanates is 1. The van der Waals surface area contributed by atoms with Gasteiger partial charge in [-0.1, -0.05) is 236 Å². The van der Waals surface area contributed by atoms with Crippen molar-refractivity contribution in [3.63, 3.8) is 0 Å². The van der Waals surface area contributed by atoms with Gasteiger partial charge in [-0.2, -0.15) is 11.4 Å². The van der Waals surface area contributed by atoms with Gasteiger partial charge in [0.1, 0.15) is 23.0 Å². The number of aryl methyl sites for hydroxylation is 4. The third kappa shape index (κ3) is 30.8. The Balaban J connectivity index is 0.000000255. The van der Waals surface area contributed by atoms with Crippen molar-refractivity contribution < 1.29 is 42.6 Å². The quantitative estimate of drug-likeness (QED) is 0.0186. The number of aliphatic imine (C=N–C) groups is 1. The van der Waals surface area contributed by atoms with Crippen molar-refractivity contribution in [3.8, 4) is 59.7 Å². The fourth-order valence-corrected chi connectivity index (χ4v) is 10.5. The number of carbonyl (C=O) groups excluding carboxylic acids is 1. The first-order chi connectivity index (χ1) is 49.7. The average Bonchev–Trinajstić information content (AvgIpc) is 0.832. The van der Waals surface area contributed by atoms with E-state index in [1.54, 1.807) is 57.1 Å². The van der Waals surface area contributed by atoms with E-state index in [9.17, 15) is 4.79 Å². The second kappa shape index (κ2) is 46.7. The van der Waals surface area contributed by atoms with E-state index in [4.69, 9.17) is 35.9 Å². The third-order valence-electron chi connectivity index (χ3n) is 16.2. The molecule has 11 aromatic carbocycles. The number of unbranched alkanes of at least 4 members (excludes halogenated alkanes) is 1. The fraction of sp³-hybridized carbons (Fsp3) is 0.191. The van der Waals surface area contributed by atoms with E-state index in [1.165, 1.54) is 89.9 Å².